The lowest BCUT2D eigenvalue weighted by Gasteiger charge is -2.40. The summed E-state index contributed by atoms with van der Waals surface area (Å²) in [5.41, 5.74) is -0.598. The first-order chi connectivity index (χ1) is 19.1. The molecule has 12 nitrogen and oxygen atoms in total. The SMILES string of the molecule is C=CC(=O)N1CCC(N2C(=O)C(C)(C)Oc3cnc(Nc4ccc(N(C)C[C@@H](CCF)NC)nc4OC)nc32)C1. The maximum absolute atomic E-state index is 13.5. The number of hydrogen-bond acceptors (Lipinski definition) is 10. The van der Waals surface area contributed by atoms with E-state index < -0.39 is 12.3 Å². The Balaban J connectivity index is 1.59. The van der Waals surface area contributed by atoms with E-state index in [9.17, 15) is 14.0 Å². The number of ether oxygens (including phenoxy) is 2. The first-order valence-electron chi connectivity index (χ1n) is 13.2. The third kappa shape index (κ3) is 5.93. The second kappa shape index (κ2) is 12.0. The molecule has 2 aliphatic rings. The van der Waals surface area contributed by atoms with Crippen molar-refractivity contribution < 1.29 is 23.5 Å². The molecule has 2 aliphatic heterocycles. The van der Waals surface area contributed by atoms with E-state index in [4.69, 9.17) is 9.47 Å². The Morgan fingerprint density at radius 1 is 1.40 bits per heavy atom. The third-order valence-electron chi connectivity index (χ3n) is 7.11. The average molecular weight is 557 g/mol. The van der Waals surface area contributed by atoms with Gasteiger partial charge in [0.25, 0.3) is 5.91 Å². The Labute approximate surface area is 233 Å². The molecule has 4 heterocycles. The molecule has 2 aromatic heterocycles. The van der Waals surface area contributed by atoms with E-state index in [1.165, 1.54) is 19.4 Å². The normalized spacial score (nSPS) is 18.6. The smallest absolute Gasteiger partial charge is 0.272 e. The quantitative estimate of drug-likeness (QED) is 0.398. The van der Waals surface area contributed by atoms with E-state index in [0.29, 0.717) is 61.4 Å². The van der Waals surface area contributed by atoms with E-state index in [1.54, 1.807) is 36.8 Å². The summed E-state index contributed by atoms with van der Waals surface area (Å²) in [5, 5.41) is 6.25. The summed E-state index contributed by atoms with van der Waals surface area (Å²) in [6.45, 7) is 8.00. The summed E-state index contributed by atoms with van der Waals surface area (Å²) in [6, 6.07) is 3.31. The number of nitrogens with zero attached hydrogens (tertiary/aromatic N) is 6. The van der Waals surface area contributed by atoms with Crippen molar-refractivity contribution in [3.05, 3.63) is 31.0 Å². The largest absolute Gasteiger partial charge is 0.479 e. The van der Waals surface area contributed by atoms with Crippen molar-refractivity contribution in [1.29, 1.82) is 0 Å². The van der Waals surface area contributed by atoms with Crippen LogP contribution in [0.1, 0.15) is 26.7 Å². The molecule has 2 N–H and O–H groups in total. The minimum Gasteiger partial charge on any atom is -0.479 e. The number of carbonyl (C=O) groups is 2. The zero-order valence-corrected chi connectivity index (χ0v) is 23.6. The number of anilines is 4. The molecule has 216 valence electrons. The molecule has 1 fully saturated rings. The molecule has 0 radical (unpaired) electrons. The summed E-state index contributed by atoms with van der Waals surface area (Å²) >= 11 is 0. The Morgan fingerprint density at radius 2 is 2.17 bits per heavy atom. The van der Waals surface area contributed by atoms with Crippen LogP contribution < -0.4 is 29.9 Å². The highest BCUT2D eigenvalue weighted by Crippen LogP contribution is 2.39. The van der Waals surface area contributed by atoms with Gasteiger partial charge >= 0.3 is 0 Å². The summed E-state index contributed by atoms with van der Waals surface area (Å²) in [7, 11) is 5.19. The van der Waals surface area contributed by atoms with Gasteiger partial charge in [-0.2, -0.15) is 9.97 Å². The van der Waals surface area contributed by atoms with Gasteiger partial charge < -0.3 is 29.9 Å². The van der Waals surface area contributed by atoms with Crippen molar-refractivity contribution >= 4 is 35.1 Å². The number of halogens is 1. The van der Waals surface area contributed by atoms with Gasteiger partial charge in [-0.3, -0.25) is 18.9 Å². The minimum atomic E-state index is -1.12. The van der Waals surface area contributed by atoms with Gasteiger partial charge in [0, 0.05) is 32.7 Å². The third-order valence-corrected chi connectivity index (χ3v) is 7.11. The number of amides is 2. The number of likely N-dealkylation sites (tertiary alicyclic amines) is 1. The summed E-state index contributed by atoms with van der Waals surface area (Å²) in [4.78, 5) is 44.5. The second-order valence-electron chi connectivity index (χ2n) is 10.3. The van der Waals surface area contributed by atoms with Gasteiger partial charge in [-0.15, -0.1) is 0 Å². The Bertz CT molecular complexity index is 1260. The van der Waals surface area contributed by atoms with Crippen molar-refractivity contribution in [3.63, 3.8) is 0 Å². The molecule has 0 saturated carbocycles. The number of aromatic nitrogens is 3. The molecule has 4 rings (SSSR count). The highest BCUT2D eigenvalue weighted by molar-refractivity contribution is 6.02. The van der Waals surface area contributed by atoms with E-state index in [1.807, 2.05) is 18.0 Å². The van der Waals surface area contributed by atoms with Crippen molar-refractivity contribution in [3.8, 4) is 11.6 Å². The number of carbonyl (C=O) groups excluding carboxylic acids is 2. The van der Waals surface area contributed by atoms with Crippen LogP contribution in [-0.2, 0) is 9.59 Å². The van der Waals surface area contributed by atoms with Crippen LogP contribution in [0, 0.1) is 0 Å². The zero-order chi connectivity index (χ0) is 29.0. The van der Waals surface area contributed by atoms with Crippen LogP contribution in [0.2, 0.25) is 0 Å². The van der Waals surface area contributed by atoms with Crippen molar-refractivity contribution in [2.24, 2.45) is 0 Å². The predicted octanol–water partition coefficient (Wildman–Crippen LogP) is 2.30. The number of rotatable bonds is 11. The highest BCUT2D eigenvalue weighted by Gasteiger charge is 2.46. The fourth-order valence-electron chi connectivity index (χ4n) is 4.89. The van der Waals surface area contributed by atoms with Crippen LogP contribution in [0.25, 0.3) is 0 Å². The Kier molecular flexibility index (Phi) is 8.72. The van der Waals surface area contributed by atoms with E-state index in [-0.39, 0.29) is 29.8 Å². The molecule has 0 aliphatic carbocycles. The van der Waals surface area contributed by atoms with Gasteiger partial charge in [0.2, 0.25) is 17.7 Å². The summed E-state index contributed by atoms with van der Waals surface area (Å²) < 4.78 is 24.3. The van der Waals surface area contributed by atoms with Crippen LogP contribution in [-0.4, -0.2) is 96.9 Å². The Morgan fingerprint density at radius 3 is 2.85 bits per heavy atom. The molecule has 40 heavy (non-hydrogen) atoms. The molecule has 0 bridgehead atoms. The molecule has 0 aromatic carbocycles. The lowest BCUT2D eigenvalue weighted by Crippen LogP contribution is -2.57. The summed E-state index contributed by atoms with van der Waals surface area (Å²) in [6.07, 6.45) is 3.80. The standard InChI is InChI=1S/C27H37FN8O4/c1-7-22(37)35-13-11-18(16-35)36-23-20(40-27(2,3)25(36)38)14-30-26(33-23)31-19-8-9-21(32-24(19)39-6)34(5)15-17(29-4)10-12-28/h7-9,14,17-18,29H,1,10-13,15-16H2,2-6H3,(H,30,31,33)/t17-,18?/m1/s1. The van der Waals surface area contributed by atoms with Crippen LogP contribution in [0.5, 0.6) is 11.6 Å². The van der Waals surface area contributed by atoms with Gasteiger partial charge in [-0.1, -0.05) is 6.58 Å². The molecular weight excluding hydrogens is 519 g/mol. The molecule has 1 unspecified atom stereocenters. The molecule has 0 spiro atoms. The minimum absolute atomic E-state index is 0.0239. The number of pyridine rings is 1. The number of likely N-dealkylation sites (N-methyl/N-ethyl adjacent to an activating group) is 2. The molecular formula is C27H37FN8O4. The first-order valence-corrected chi connectivity index (χ1v) is 13.2. The summed E-state index contributed by atoms with van der Waals surface area (Å²) in [5.74, 6) is 1.47. The number of methoxy groups -OCH3 is 1. The fourth-order valence-corrected chi connectivity index (χ4v) is 4.89. The Hall–Kier alpha value is -4.00. The predicted molar refractivity (Wildman–Crippen MR) is 150 cm³/mol. The van der Waals surface area contributed by atoms with Gasteiger partial charge in [-0.25, -0.2) is 4.98 Å². The van der Waals surface area contributed by atoms with Crippen molar-refractivity contribution in [2.75, 3.05) is 62.6 Å². The fraction of sp³-hybridized carbons (Fsp3) is 0.519. The molecule has 13 heteroatoms. The number of nitrogens with one attached hydrogen (secondary N) is 2. The second-order valence-corrected chi connectivity index (χ2v) is 10.3. The van der Waals surface area contributed by atoms with Crippen LogP contribution in [0.15, 0.2) is 31.0 Å². The maximum Gasteiger partial charge on any atom is 0.272 e. The zero-order valence-electron chi connectivity index (χ0n) is 23.6. The topological polar surface area (TPSA) is 125 Å². The lowest BCUT2D eigenvalue weighted by molar-refractivity contribution is -0.133. The van der Waals surface area contributed by atoms with E-state index in [0.717, 1.165) is 0 Å². The van der Waals surface area contributed by atoms with Gasteiger partial charge in [0.15, 0.2) is 17.2 Å². The monoisotopic (exact) mass is 556 g/mol. The van der Waals surface area contributed by atoms with Crippen molar-refractivity contribution in [2.45, 2.75) is 44.4 Å². The van der Waals surface area contributed by atoms with Crippen LogP contribution in [0.3, 0.4) is 0 Å². The molecule has 2 aromatic rings. The van der Waals surface area contributed by atoms with Gasteiger partial charge in [0.05, 0.1) is 26.0 Å². The van der Waals surface area contributed by atoms with E-state index >= 15 is 0 Å². The number of hydrogen-bond donors (Lipinski definition) is 2. The van der Waals surface area contributed by atoms with E-state index in [2.05, 4.69) is 32.2 Å². The van der Waals surface area contributed by atoms with Gasteiger partial charge in [-0.05, 0) is 51.9 Å². The highest BCUT2D eigenvalue weighted by atomic mass is 19.1. The average Bonchev–Trinajstić information content (AvgIpc) is 3.43. The maximum atomic E-state index is 13.5. The number of fused-ring (bicyclic) bond motifs is 1. The number of alkyl halides is 1. The molecule has 2 atom stereocenters. The van der Waals surface area contributed by atoms with Crippen LogP contribution >= 0.6 is 0 Å². The van der Waals surface area contributed by atoms with Gasteiger partial charge in [0.1, 0.15) is 11.5 Å². The molecule has 2 amide bonds. The lowest BCUT2D eigenvalue weighted by atomic mass is 10.0. The van der Waals surface area contributed by atoms with Crippen molar-refractivity contribution in [1.82, 2.24) is 25.2 Å². The van der Waals surface area contributed by atoms with Crippen LogP contribution in [0.4, 0.5) is 27.7 Å². The first kappa shape index (κ1) is 29.0. The molecule has 1 saturated heterocycles.